The number of allylic oxidation sites excluding steroid dienone is 1. The van der Waals surface area contributed by atoms with Crippen molar-refractivity contribution >= 4 is 11.8 Å². The average molecular weight is 173 g/mol. The van der Waals surface area contributed by atoms with Gasteiger partial charge < -0.3 is 5.43 Å². The van der Waals surface area contributed by atoms with Crippen molar-refractivity contribution in [2.45, 2.75) is 6.42 Å². The number of nitrogens with two attached hydrogens (primary N) is 1. The van der Waals surface area contributed by atoms with Gasteiger partial charge in [0.25, 0.3) is 0 Å². The second-order valence-electron chi connectivity index (χ2n) is 2.50. The third-order valence-corrected chi connectivity index (χ3v) is 1.62. The molecule has 0 saturated heterocycles. The second-order valence-corrected chi connectivity index (χ2v) is 2.50. The van der Waals surface area contributed by atoms with Crippen molar-refractivity contribution in [3.8, 4) is 6.07 Å². The Balaban J connectivity index is 2.82. The highest BCUT2D eigenvalue weighted by Crippen LogP contribution is 2.14. The van der Waals surface area contributed by atoms with Crippen LogP contribution in [0.4, 0.5) is 5.69 Å². The molecule has 66 valence electrons. The van der Waals surface area contributed by atoms with Gasteiger partial charge in [-0.15, -0.1) is 0 Å². The van der Waals surface area contributed by atoms with E-state index in [-0.39, 0.29) is 0 Å². The van der Waals surface area contributed by atoms with E-state index in [0.29, 0.717) is 6.42 Å². The van der Waals surface area contributed by atoms with E-state index in [9.17, 15) is 0 Å². The van der Waals surface area contributed by atoms with E-state index in [1.165, 1.54) is 0 Å². The number of hydrogen-bond acceptors (Lipinski definition) is 3. The van der Waals surface area contributed by atoms with Gasteiger partial charge in [-0.1, -0.05) is 30.4 Å². The molecule has 0 bridgehead atoms. The molecular formula is C10H11N3. The maximum Gasteiger partial charge on any atom is 0.0663 e. The molecule has 0 saturated carbocycles. The summed E-state index contributed by atoms with van der Waals surface area (Å²) in [5.41, 5.74) is 4.43. The lowest BCUT2D eigenvalue weighted by Crippen LogP contribution is -2.07. The Morgan fingerprint density at radius 2 is 2.23 bits per heavy atom. The predicted octanol–water partition coefficient (Wildman–Crippen LogP) is 1.90. The lowest BCUT2D eigenvalue weighted by atomic mass is 10.1. The topological polar surface area (TPSA) is 61.8 Å². The summed E-state index contributed by atoms with van der Waals surface area (Å²) in [5.74, 6) is 5.31. The Morgan fingerprint density at radius 1 is 1.46 bits per heavy atom. The highest BCUT2D eigenvalue weighted by Gasteiger charge is 1.93. The van der Waals surface area contributed by atoms with E-state index in [0.717, 1.165) is 11.3 Å². The maximum atomic E-state index is 8.33. The summed E-state index contributed by atoms with van der Waals surface area (Å²) in [6, 6.07) is 9.67. The van der Waals surface area contributed by atoms with Crippen LogP contribution < -0.4 is 11.3 Å². The Bertz CT molecular complexity index is 336. The van der Waals surface area contributed by atoms with Crippen LogP contribution in [0.1, 0.15) is 12.0 Å². The predicted molar refractivity (Wildman–Crippen MR) is 53.5 cm³/mol. The van der Waals surface area contributed by atoms with Gasteiger partial charge in [0.2, 0.25) is 0 Å². The summed E-state index contributed by atoms with van der Waals surface area (Å²) in [6.45, 7) is 0. The number of nitrogen functional groups attached to an aromatic ring is 1. The molecule has 0 fully saturated rings. The largest absolute Gasteiger partial charge is 0.324 e. The van der Waals surface area contributed by atoms with Gasteiger partial charge in [-0.05, 0) is 11.6 Å². The standard InChI is InChI=1S/C10H11N3/c11-8-4-3-6-9-5-1-2-7-10(9)13-12/h1-3,5-7,13H,4,12H2. The summed E-state index contributed by atoms with van der Waals surface area (Å²) >= 11 is 0. The number of rotatable bonds is 3. The SMILES string of the molecule is N#CCC=Cc1ccccc1NN. The van der Waals surface area contributed by atoms with Gasteiger partial charge in [0.15, 0.2) is 0 Å². The molecule has 0 unspecified atom stereocenters. The molecule has 3 nitrogen and oxygen atoms in total. The summed E-state index contributed by atoms with van der Waals surface area (Å²) in [4.78, 5) is 0. The second kappa shape index (κ2) is 4.96. The Hall–Kier alpha value is -1.79. The fourth-order valence-electron chi connectivity index (χ4n) is 1.01. The summed E-state index contributed by atoms with van der Waals surface area (Å²) in [7, 11) is 0. The zero-order valence-electron chi connectivity index (χ0n) is 7.20. The van der Waals surface area contributed by atoms with Crippen LogP contribution in [0, 0.1) is 11.3 Å². The van der Waals surface area contributed by atoms with Crippen LogP contribution in [-0.2, 0) is 0 Å². The summed E-state index contributed by atoms with van der Waals surface area (Å²) < 4.78 is 0. The van der Waals surface area contributed by atoms with Crippen molar-refractivity contribution in [2.75, 3.05) is 5.43 Å². The minimum Gasteiger partial charge on any atom is -0.324 e. The van der Waals surface area contributed by atoms with Crippen molar-refractivity contribution in [1.29, 1.82) is 5.26 Å². The quantitative estimate of drug-likeness (QED) is 0.542. The highest BCUT2D eigenvalue weighted by molar-refractivity contribution is 5.65. The van der Waals surface area contributed by atoms with Gasteiger partial charge >= 0.3 is 0 Å². The minimum atomic E-state index is 0.416. The van der Waals surface area contributed by atoms with Crippen LogP contribution >= 0.6 is 0 Å². The van der Waals surface area contributed by atoms with E-state index in [4.69, 9.17) is 11.1 Å². The molecule has 0 aliphatic heterocycles. The van der Waals surface area contributed by atoms with E-state index < -0.39 is 0 Å². The van der Waals surface area contributed by atoms with Gasteiger partial charge in [-0.2, -0.15) is 5.26 Å². The number of hydrogen-bond donors (Lipinski definition) is 2. The number of nitrogens with one attached hydrogen (secondary N) is 1. The van der Waals surface area contributed by atoms with Crippen LogP contribution in [0.3, 0.4) is 0 Å². The molecule has 0 aliphatic carbocycles. The molecule has 3 N–H and O–H groups in total. The monoisotopic (exact) mass is 173 g/mol. The smallest absolute Gasteiger partial charge is 0.0663 e. The number of nitriles is 1. The molecule has 0 atom stereocenters. The Labute approximate surface area is 77.5 Å². The third-order valence-electron chi connectivity index (χ3n) is 1.62. The molecule has 1 aromatic carbocycles. The van der Waals surface area contributed by atoms with E-state index in [1.54, 1.807) is 6.08 Å². The first kappa shape index (κ1) is 9.30. The van der Waals surface area contributed by atoms with Crippen molar-refractivity contribution in [1.82, 2.24) is 0 Å². The minimum absolute atomic E-state index is 0.416. The molecule has 1 rings (SSSR count). The summed E-state index contributed by atoms with van der Waals surface area (Å²) in [5, 5.41) is 8.33. The average Bonchev–Trinajstić information content (AvgIpc) is 2.19. The molecule has 3 heteroatoms. The lowest BCUT2D eigenvalue weighted by Gasteiger charge is -2.02. The number of nitrogens with zero attached hydrogens (tertiary/aromatic N) is 1. The Kier molecular flexibility index (Phi) is 3.55. The van der Waals surface area contributed by atoms with Gasteiger partial charge in [0, 0.05) is 0 Å². The Morgan fingerprint density at radius 3 is 2.92 bits per heavy atom. The molecule has 1 aromatic rings. The normalized spacial score (nSPS) is 9.85. The number of benzene rings is 1. The van der Waals surface area contributed by atoms with E-state index in [2.05, 4.69) is 5.43 Å². The molecule has 0 spiro atoms. The maximum absolute atomic E-state index is 8.33. The van der Waals surface area contributed by atoms with Crippen LogP contribution in [0.5, 0.6) is 0 Å². The number of hydrazine groups is 1. The number of para-hydroxylation sites is 1. The van der Waals surface area contributed by atoms with E-state index in [1.807, 2.05) is 36.4 Å². The molecule has 0 radical (unpaired) electrons. The van der Waals surface area contributed by atoms with Crippen LogP contribution in [-0.4, -0.2) is 0 Å². The zero-order valence-corrected chi connectivity index (χ0v) is 7.20. The lowest BCUT2D eigenvalue weighted by molar-refractivity contribution is 1.34. The van der Waals surface area contributed by atoms with Crippen molar-refractivity contribution < 1.29 is 0 Å². The van der Waals surface area contributed by atoms with Gasteiger partial charge in [0.05, 0.1) is 18.2 Å². The molecule has 0 amide bonds. The van der Waals surface area contributed by atoms with Gasteiger partial charge in [-0.3, -0.25) is 5.84 Å². The van der Waals surface area contributed by atoms with Gasteiger partial charge in [-0.25, -0.2) is 0 Å². The zero-order chi connectivity index (χ0) is 9.52. The van der Waals surface area contributed by atoms with Crippen LogP contribution in [0.2, 0.25) is 0 Å². The molecule has 0 aromatic heterocycles. The van der Waals surface area contributed by atoms with E-state index >= 15 is 0 Å². The first-order valence-electron chi connectivity index (χ1n) is 3.97. The molecule has 0 aliphatic rings. The van der Waals surface area contributed by atoms with Gasteiger partial charge in [0.1, 0.15) is 0 Å². The van der Waals surface area contributed by atoms with Crippen molar-refractivity contribution in [3.63, 3.8) is 0 Å². The van der Waals surface area contributed by atoms with Crippen LogP contribution in [0.15, 0.2) is 30.3 Å². The van der Waals surface area contributed by atoms with Crippen molar-refractivity contribution in [2.24, 2.45) is 5.84 Å². The van der Waals surface area contributed by atoms with Crippen molar-refractivity contribution in [3.05, 3.63) is 35.9 Å². The van der Waals surface area contributed by atoms with Crippen LogP contribution in [0.25, 0.3) is 6.08 Å². The first-order chi connectivity index (χ1) is 6.38. The number of anilines is 1. The first-order valence-corrected chi connectivity index (χ1v) is 3.97. The summed E-state index contributed by atoms with van der Waals surface area (Å²) in [6.07, 6.45) is 4.09. The highest BCUT2D eigenvalue weighted by atomic mass is 15.2. The molecular weight excluding hydrogens is 162 g/mol. The fourth-order valence-corrected chi connectivity index (χ4v) is 1.01. The fraction of sp³-hybridized carbons (Fsp3) is 0.100. The molecule has 0 heterocycles. The molecule has 13 heavy (non-hydrogen) atoms. The third kappa shape index (κ3) is 2.62.